The van der Waals surface area contributed by atoms with Gasteiger partial charge in [0.2, 0.25) is 5.91 Å². The molecule has 0 saturated heterocycles. The van der Waals surface area contributed by atoms with Crippen molar-refractivity contribution in [2.24, 2.45) is 5.92 Å². The van der Waals surface area contributed by atoms with Gasteiger partial charge in [-0.25, -0.2) is 14.4 Å². The van der Waals surface area contributed by atoms with Crippen LogP contribution in [0.1, 0.15) is 12.8 Å². The first kappa shape index (κ1) is 21.3. The molecule has 180 valence electrons. The first-order valence-corrected chi connectivity index (χ1v) is 11.8. The lowest BCUT2D eigenvalue weighted by Crippen LogP contribution is -2.13. The van der Waals surface area contributed by atoms with Crippen molar-refractivity contribution in [1.82, 2.24) is 35.1 Å². The number of rotatable bonds is 5. The van der Waals surface area contributed by atoms with Gasteiger partial charge < -0.3 is 10.3 Å². The molecule has 10 heteroatoms. The highest BCUT2D eigenvalue weighted by molar-refractivity contribution is 5.97. The standard InChI is InChI=1S/C27H19FN8O/c28-18-3-1-2-15(6-18)21-12-30-13-22-23(21)34-26(33-22)24-20-8-17(10-31-25(20)36-35-24)16-7-19(11-29-9-16)32-27(37)14-4-5-14/h1-3,6-14H,4-5H2,(H,32,37)(H,33,34)(H,31,35,36). The van der Waals surface area contributed by atoms with Crippen LogP contribution in [0.3, 0.4) is 0 Å². The maximum atomic E-state index is 13.9. The van der Waals surface area contributed by atoms with E-state index in [1.165, 1.54) is 12.1 Å². The highest BCUT2D eigenvalue weighted by atomic mass is 19.1. The average Bonchev–Trinajstić information content (AvgIpc) is 3.55. The monoisotopic (exact) mass is 490 g/mol. The Balaban J connectivity index is 1.28. The van der Waals surface area contributed by atoms with Crippen LogP contribution in [0.2, 0.25) is 0 Å². The SMILES string of the molecule is O=C(Nc1cncc(-c2cnc3n[nH]c(-c4nc5c(-c6cccc(F)c6)cncc5[nH]4)c3c2)c1)C1CC1. The lowest BCUT2D eigenvalue weighted by Gasteiger charge is -2.06. The number of pyridine rings is 3. The Morgan fingerprint density at radius 1 is 0.973 bits per heavy atom. The van der Waals surface area contributed by atoms with E-state index in [4.69, 9.17) is 4.98 Å². The number of aromatic nitrogens is 7. The number of amides is 1. The van der Waals surface area contributed by atoms with Gasteiger partial charge in [0, 0.05) is 41.2 Å². The highest BCUT2D eigenvalue weighted by Crippen LogP contribution is 2.33. The Bertz CT molecular complexity index is 1820. The summed E-state index contributed by atoms with van der Waals surface area (Å²) >= 11 is 0. The second kappa shape index (κ2) is 8.30. The maximum absolute atomic E-state index is 13.9. The Morgan fingerprint density at radius 3 is 2.70 bits per heavy atom. The molecule has 6 aromatic rings. The molecule has 0 radical (unpaired) electrons. The van der Waals surface area contributed by atoms with Crippen LogP contribution in [0.5, 0.6) is 0 Å². The number of nitrogens with one attached hydrogen (secondary N) is 3. The van der Waals surface area contributed by atoms with Crippen molar-refractivity contribution >= 4 is 33.7 Å². The molecule has 1 aliphatic rings. The molecule has 3 N–H and O–H groups in total. The second-order valence-corrected chi connectivity index (χ2v) is 9.10. The largest absolute Gasteiger partial charge is 0.335 e. The third-order valence-corrected chi connectivity index (χ3v) is 6.46. The lowest BCUT2D eigenvalue weighted by molar-refractivity contribution is -0.117. The molecule has 0 aliphatic heterocycles. The molecule has 1 aliphatic carbocycles. The fourth-order valence-corrected chi connectivity index (χ4v) is 4.41. The Morgan fingerprint density at radius 2 is 1.84 bits per heavy atom. The Kier molecular flexibility index (Phi) is 4.78. The molecule has 5 heterocycles. The molecule has 0 bridgehead atoms. The fourth-order valence-electron chi connectivity index (χ4n) is 4.41. The van der Waals surface area contributed by atoms with E-state index in [0.29, 0.717) is 39.4 Å². The third-order valence-electron chi connectivity index (χ3n) is 6.46. The molecule has 5 aromatic heterocycles. The summed E-state index contributed by atoms with van der Waals surface area (Å²) in [5.41, 5.74) is 6.29. The minimum atomic E-state index is -0.325. The van der Waals surface area contributed by atoms with Gasteiger partial charge in [0.1, 0.15) is 11.5 Å². The zero-order valence-corrected chi connectivity index (χ0v) is 19.4. The number of hydrogen-bond donors (Lipinski definition) is 3. The molecule has 0 unspecified atom stereocenters. The number of nitrogens with zero attached hydrogens (tertiary/aromatic N) is 5. The van der Waals surface area contributed by atoms with Crippen LogP contribution in [0.4, 0.5) is 10.1 Å². The van der Waals surface area contributed by atoms with Gasteiger partial charge in [0.25, 0.3) is 0 Å². The number of fused-ring (bicyclic) bond motifs is 2. The zero-order valence-electron chi connectivity index (χ0n) is 19.4. The Labute approximate surface area is 209 Å². The van der Waals surface area contributed by atoms with E-state index >= 15 is 0 Å². The number of aromatic amines is 2. The van der Waals surface area contributed by atoms with Gasteiger partial charge in [-0.05, 0) is 42.7 Å². The van der Waals surface area contributed by atoms with Gasteiger partial charge >= 0.3 is 0 Å². The van der Waals surface area contributed by atoms with Crippen molar-refractivity contribution in [2.75, 3.05) is 5.32 Å². The minimum Gasteiger partial charge on any atom is -0.335 e. The second-order valence-electron chi connectivity index (χ2n) is 9.10. The highest BCUT2D eigenvalue weighted by Gasteiger charge is 2.29. The van der Waals surface area contributed by atoms with E-state index in [1.807, 2.05) is 18.2 Å². The fraction of sp³-hybridized carbons (Fsp3) is 0.111. The summed E-state index contributed by atoms with van der Waals surface area (Å²) in [7, 11) is 0. The summed E-state index contributed by atoms with van der Waals surface area (Å²) in [5, 5.41) is 11.1. The van der Waals surface area contributed by atoms with Gasteiger partial charge in [0.15, 0.2) is 11.5 Å². The van der Waals surface area contributed by atoms with Crippen LogP contribution < -0.4 is 5.32 Å². The predicted octanol–water partition coefficient (Wildman–Crippen LogP) is 5.11. The molecule has 1 aromatic carbocycles. The summed E-state index contributed by atoms with van der Waals surface area (Å²) in [6.07, 6.45) is 10.3. The maximum Gasteiger partial charge on any atom is 0.227 e. The normalized spacial score (nSPS) is 13.3. The van der Waals surface area contributed by atoms with E-state index < -0.39 is 0 Å². The number of hydrogen-bond acceptors (Lipinski definition) is 6. The summed E-state index contributed by atoms with van der Waals surface area (Å²) < 4.78 is 13.9. The average molecular weight is 491 g/mol. The van der Waals surface area contributed by atoms with Crippen molar-refractivity contribution in [1.29, 1.82) is 0 Å². The smallest absolute Gasteiger partial charge is 0.227 e. The van der Waals surface area contributed by atoms with E-state index in [9.17, 15) is 9.18 Å². The van der Waals surface area contributed by atoms with Gasteiger partial charge in [-0.15, -0.1) is 0 Å². The van der Waals surface area contributed by atoms with Crippen LogP contribution >= 0.6 is 0 Å². The summed E-state index contributed by atoms with van der Waals surface area (Å²) in [6, 6.07) is 10.2. The van der Waals surface area contributed by atoms with Gasteiger partial charge in [-0.2, -0.15) is 5.10 Å². The van der Waals surface area contributed by atoms with E-state index in [-0.39, 0.29) is 17.6 Å². The molecule has 37 heavy (non-hydrogen) atoms. The molecule has 0 spiro atoms. The van der Waals surface area contributed by atoms with E-state index in [0.717, 1.165) is 34.9 Å². The van der Waals surface area contributed by atoms with E-state index in [2.05, 4.69) is 35.5 Å². The van der Waals surface area contributed by atoms with Gasteiger partial charge in [-0.1, -0.05) is 12.1 Å². The first-order chi connectivity index (χ1) is 18.1. The van der Waals surface area contributed by atoms with Crippen LogP contribution in [-0.4, -0.2) is 41.0 Å². The van der Waals surface area contributed by atoms with Gasteiger partial charge in [-0.3, -0.25) is 19.9 Å². The number of anilines is 1. The van der Waals surface area contributed by atoms with Crippen LogP contribution in [0.25, 0.3) is 55.8 Å². The number of benzene rings is 1. The van der Waals surface area contributed by atoms with Crippen LogP contribution in [0.15, 0.2) is 67.4 Å². The lowest BCUT2D eigenvalue weighted by atomic mass is 10.1. The topological polar surface area (TPSA) is 125 Å². The van der Waals surface area contributed by atoms with Crippen molar-refractivity contribution < 1.29 is 9.18 Å². The minimum absolute atomic E-state index is 0.0293. The summed E-state index contributed by atoms with van der Waals surface area (Å²) in [4.78, 5) is 33.4. The zero-order chi connectivity index (χ0) is 24.9. The quantitative estimate of drug-likeness (QED) is 0.308. The number of carbonyl (C=O) groups is 1. The van der Waals surface area contributed by atoms with Crippen molar-refractivity contribution in [2.45, 2.75) is 12.8 Å². The molecule has 0 atom stereocenters. The number of imidazole rings is 1. The molecule has 9 nitrogen and oxygen atoms in total. The number of carbonyl (C=O) groups excluding carboxylic acids is 1. The number of H-pyrrole nitrogens is 2. The van der Waals surface area contributed by atoms with Crippen molar-refractivity contribution in [3.8, 4) is 33.8 Å². The summed E-state index contributed by atoms with van der Waals surface area (Å²) in [5.74, 6) is 0.372. The van der Waals surface area contributed by atoms with Gasteiger partial charge in [0.05, 0.1) is 34.5 Å². The van der Waals surface area contributed by atoms with Crippen molar-refractivity contribution in [3.63, 3.8) is 0 Å². The molecule has 1 fully saturated rings. The molecular formula is C27H19FN8O. The molecule has 7 rings (SSSR count). The molecule has 1 saturated carbocycles. The molecule has 1 amide bonds. The van der Waals surface area contributed by atoms with Crippen LogP contribution in [0, 0.1) is 11.7 Å². The van der Waals surface area contributed by atoms with E-state index in [1.54, 1.807) is 37.1 Å². The number of halogens is 1. The van der Waals surface area contributed by atoms with Crippen LogP contribution in [-0.2, 0) is 4.79 Å². The molecular weight excluding hydrogens is 471 g/mol. The Hall–Kier alpha value is -4.99. The third kappa shape index (κ3) is 3.88. The van der Waals surface area contributed by atoms with Crippen molar-refractivity contribution in [3.05, 3.63) is 73.2 Å². The predicted molar refractivity (Wildman–Crippen MR) is 137 cm³/mol. The summed E-state index contributed by atoms with van der Waals surface area (Å²) in [6.45, 7) is 0. The first-order valence-electron chi connectivity index (χ1n) is 11.8.